The highest BCUT2D eigenvalue weighted by molar-refractivity contribution is 7.80. The normalized spacial score (nSPS) is 10.3. The van der Waals surface area contributed by atoms with E-state index in [4.69, 9.17) is 41.2 Å². The third-order valence-electron chi connectivity index (χ3n) is 2.62. The number of nitrogens with two attached hydrogens (primary N) is 1. The van der Waals surface area contributed by atoms with E-state index in [0.717, 1.165) is 12.0 Å². The first-order valence-electron chi connectivity index (χ1n) is 5.86. The van der Waals surface area contributed by atoms with E-state index in [9.17, 15) is 0 Å². The quantitative estimate of drug-likeness (QED) is 0.827. The van der Waals surface area contributed by atoms with E-state index in [1.165, 1.54) is 0 Å². The van der Waals surface area contributed by atoms with Crippen LogP contribution >= 0.6 is 35.4 Å². The molecule has 0 aliphatic rings. The molecule has 3 N–H and O–H groups in total. The van der Waals surface area contributed by atoms with Crippen LogP contribution < -0.4 is 11.1 Å². The molecule has 0 fully saturated rings. The van der Waals surface area contributed by atoms with Crippen molar-refractivity contribution in [2.45, 2.75) is 6.42 Å². The summed E-state index contributed by atoms with van der Waals surface area (Å²) in [5.41, 5.74) is 6.98. The van der Waals surface area contributed by atoms with Crippen LogP contribution in [0.5, 0.6) is 0 Å². The number of benzene rings is 1. The number of halogens is 2. The number of rotatable bonds is 5. The molecule has 20 heavy (non-hydrogen) atoms. The second-order valence-electron chi connectivity index (χ2n) is 4.06. The number of thiocarbonyl (C=S) groups is 1. The van der Waals surface area contributed by atoms with Gasteiger partial charge in [0.2, 0.25) is 0 Å². The summed E-state index contributed by atoms with van der Waals surface area (Å²) in [6.07, 6.45) is 3.90. The highest BCUT2D eigenvalue weighted by atomic mass is 35.5. The monoisotopic (exact) mass is 326 g/mol. The molecule has 1 heterocycles. The smallest absolute Gasteiger partial charge is 0.144 e. The van der Waals surface area contributed by atoms with E-state index in [2.05, 4.69) is 15.3 Å². The third kappa shape index (κ3) is 4.03. The average Bonchev–Trinajstić information content (AvgIpc) is 2.42. The second kappa shape index (κ2) is 6.83. The fourth-order valence-electron chi connectivity index (χ4n) is 1.60. The molecule has 7 heteroatoms. The number of nitrogens with zero attached hydrogens (tertiary/aromatic N) is 2. The van der Waals surface area contributed by atoms with Crippen molar-refractivity contribution in [2.24, 2.45) is 5.73 Å². The van der Waals surface area contributed by atoms with Crippen molar-refractivity contribution in [3.8, 4) is 0 Å². The average molecular weight is 327 g/mol. The van der Waals surface area contributed by atoms with Gasteiger partial charge in [0.05, 0.1) is 12.4 Å². The Bertz CT molecular complexity index is 616. The molecule has 0 radical (unpaired) electrons. The predicted octanol–water partition coefficient (Wildman–Crippen LogP) is 3.07. The van der Waals surface area contributed by atoms with Crippen LogP contribution in [0.2, 0.25) is 10.0 Å². The fraction of sp³-hybridized carbons (Fsp3) is 0.154. The molecule has 0 unspecified atom stereocenters. The molecule has 2 rings (SSSR count). The maximum atomic E-state index is 6.10. The summed E-state index contributed by atoms with van der Waals surface area (Å²) in [7, 11) is 0. The van der Waals surface area contributed by atoms with E-state index in [0.29, 0.717) is 28.1 Å². The van der Waals surface area contributed by atoms with Crippen molar-refractivity contribution in [1.82, 2.24) is 9.97 Å². The Morgan fingerprint density at radius 2 is 2.05 bits per heavy atom. The van der Waals surface area contributed by atoms with Crippen molar-refractivity contribution >= 4 is 46.2 Å². The van der Waals surface area contributed by atoms with Gasteiger partial charge >= 0.3 is 0 Å². The Balaban J connectivity index is 1.91. The van der Waals surface area contributed by atoms with Gasteiger partial charge in [-0.1, -0.05) is 41.5 Å². The minimum atomic E-state index is 0.233. The molecule has 0 amide bonds. The van der Waals surface area contributed by atoms with Crippen LogP contribution in [0.25, 0.3) is 0 Å². The molecule has 4 nitrogen and oxygen atoms in total. The zero-order valence-corrected chi connectivity index (χ0v) is 12.8. The lowest BCUT2D eigenvalue weighted by molar-refractivity contribution is 0.998. The van der Waals surface area contributed by atoms with Crippen LogP contribution in [0.4, 0.5) is 5.82 Å². The first kappa shape index (κ1) is 15.0. The Morgan fingerprint density at radius 3 is 2.65 bits per heavy atom. The van der Waals surface area contributed by atoms with Crippen molar-refractivity contribution in [2.75, 3.05) is 11.9 Å². The summed E-state index contributed by atoms with van der Waals surface area (Å²) >= 11 is 16.8. The summed E-state index contributed by atoms with van der Waals surface area (Å²) < 4.78 is 0. The molecule has 0 saturated carbocycles. The van der Waals surface area contributed by atoms with Crippen LogP contribution in [-0.2, 0) is 6.42 Å². The summed E-state index contributed by atoms with van der Waals surface area (Å²) in [6.45, 7) is 0.683. The van der Waals surface area contributed by atoms with E-state index < -0.39 is 0 Å². The van der Waals surface area contributed by atoms with Gasteiger partial charge in [-0.05, 0) is 24.1 Å². The number of hydrogen-bond donors (Lipinski definition) is 2. The van der Waals surface area contributed by atoms with Gasteiger partial charge in [0.1, 0.15) is 16.5 Å². The third-order valence-corrected chi connectivity index (χ3v) is 3.42. The van der Waals surface area contributed by atoms with E-state index in [1.807, 2.05) is 12.1 Å². The van der Waals surface area contributed by atoms with Gasteiger partial charge in [-0.2, -0.15) is 0 Å². The Morgan fingerprint density at radius 1 is 1.25 bits per heavy atom. The van der Waals surface area contributed by atoms with Crippen LogP contribution in [0.15, 0.2) is 30.6 Å². The lowest BCUT2D eigenvalue weighted by Gasteiger charge is -2.07. The second-order valence-corrected chi connectivity index (χ2v) is 5.35. The minimum absolute atomic E-state index is 0.233. The van der Waals surface area contributed by atoms with Gasteiger partial charge in [0.15, 0.2) is 0 Å². The first-order chi connectivity index (χ1) is 9.56. The van der Waals surface area contributed by atoms with Crippen molar-refractivity contribution in [3.63, 3.8) is 0 Å². The molecule has 2 aromatic rings. The highest BCUT2D eigenvalue weighted by Gasteiger charge is 2.02. The van der Waals surface area contributed by atoms with E-state index in [1.54, 1.807) is 18.5 Å². The van der Waals surface area contributed by atoms with Gasteiger partial charge in [0, 0.05) is 16.6 Å². The zero-order chi connectivity index (χ0) is 14.5. The SMILES string of the molecule is NC(=S)c1cnc(NCCc2ccc(Cl)cc2Cl)cn1. The largest absolute Gasteiger partial charge is 0.388 e. The predicted molar refractivity (Wildman–Crippen MR) is 86.6 cm³/mol. The Kier molecular flexibility index (Phi) is 5.11. The molecule has 0 bridgehead atoms. The summed E-state index contributed by atoms with van der Waals surface area (Å²) in [5, 5.41) is 4.44. The lowest BCUT2D eigenvalue weighted by Crippen LogP contribution is -2.13. The van der Waals surface area contributed by atoms with Gasteiger partial charge in [-0.25, -0.2) is 9.97 Å². The molecule has 0 saturated heterocycles. The lowest BCUT2D eigenvalue weighted by atomic mass is 10.1. The number of hydrogen-bond acceptors (Lipinski definition) is 4. The van der Waals surface area contributed by atoms with Crippen molar-refractivity contribution in [1.29, 1.82) is 0 Å². The number of anilines is 1. The zero-order valence-electron chi connectivity index (χ0n) is 10.4. The van der Waals surface area contributed by atoms with Gasteiger partial charge in [-0.15, -0.1) is 0 Å². The maximum absolute atomic E-state index is 6.10. The van der Waals surface area contributed by atoms with Gasteiger partial charge < -0.3 is 11.1 Å². The molecular weight excluding hydrogens is 315 g/mol. The van der Waals surface area contributed by atoms with Crippen LogP contribution in [0, 0.1) is 0 Å². The Hall–Kier alpha value is -1.43. The highest BCUT2D eigenvalue weighted by Crippen LogP contribution is 2.21. The molecule has 104 valence electrons. The molecule has 0 atom stereocenters. The minimum Gasteiger partial charge on any atom is -0.388 e. The van der Waals surface area contributed by atoms with Crippen LogP contribution in [0.1, 0.15) is 11.3 Å². The summed E-state index contributed by atoms with van der Waals surface area (Å²) in [5.74, 6) is 0.662. The number of aromatic nitrogens is 2. The van der Waals surface area contributed by atoms with E-state index in [-0.39, 0.29) is 4.99 Å². The standard InChI is InChI=1S/C13H12Cl2N4S/c14-9-2-1-8(10(15)5-9)3-4-17-12-7-18-11(6-19-12)13(16)20/h1-2,5-7H,3-4H2,(H2,16,20)(H,17,19). The topological polar surface area (TPSA) is 63.8 Å². The molecule has 0 aliphatic heterocycles. The molecule has 0 aliphatic carbocycles. The van der Waals surface area contributed by atoms with Crippen molar-refractivity contribution < 1.29 is 0 Å². The summed E-state index contributed by atoms with van der Waals surface area (Å²) in [4.78, 5) is 8.50. The first-order valence-corrected chi connectivity index (χ1v) is 7.02. The van der Waals surface area contributed by atoms with Crippen molar-refractivity contribution in [3.05, 3.63) is 51.9 Å². The maximum Gasteiger partial charge on any atom is 0.144 e. The Labute approximate surface area is 132 Å². The van der Waals surface area contributed by atoms with Crippen LogP contribution in [0.3, 0.4) is 0 Å². The fourth-order valence-corrected chi connectivity index (χ4v) is 2.20. The molecule has 0 spiro atoms. The van der Waals surface area contributed by atoms with Gasteiger partial charge in [-0.3, -0.25) is 0 Å². The number of nitrogens with one attached hydrogen (secondary N) is 1. The van der Waals surface area contributed by atoms with Gasteiger partial charge in [0.25, 0.3) is 0 Å². The van der Waals surface area contributed by atoms with E-state index >= 15 is 0 Å². The molecule has 1 aromatic carbocycles. The van der Waals surface area contributed by atoms with Crippen LogP contribution in [-0.4, -0.2) is 21.5 Å². The molecular formula is C13H12Cl2N4S. The summed E-state index contributed by atoms with van der Waals surface area (Å²) in [6, 6.07) is 5.46. The molecule has 1 aromatic heterocycles.